The lowest BCUT2D eigenvalue weighted by molar-refractivity contribution is 1.51. The normalized spacial score (nSPS) is 11.2. The van der Waals surface area contributed by atoms with Crippen molar-refractivity contribution < 1.29 is 0 Å². The predicted octanol–water partition coefficient (Wildman–Crippen LogP) is 6.01. The van der Waals surface area contributed by atoms with E-state index in [1.54, 1.807) is 0 Å². The smallest absolute Gasteiger partial charge is 0.0889 e. The minimum atomic E-state index is 1.27. The van der Waals surface area contributed by atoms with E-state index in [2.05, 4.69) is 60.1 Å². The Bertz CT molecular complexity index is 677. The molecule has 0 saturated carbocycles. The Morgan fingerprint density at radius 1 is 0.941 bits per heavy atom. The van der Waals surface area contributed by atoms with Gasteiger partial charge in [-0.2, -0.15) is 0 Å². The first-order valence-electron chi connectivity index (χ1n) is 5.42. The van der Waals surface area contributed by atoms with Crippen molar-refractivity contribution >= 4 is 48.0 Å². The molecule has 0 bridgehead atoms. The second-order valence-corrected chi connectivity index (χ2v) is 7.70. The van der Waals surface area contributed by atoms with Crippen molar-refractivity contribution in [3.8, 4) is 10.4 Å². The van der Waals surface area contributed by atoms with E-state index in [0.717, 1.165) is 0 Å². The second-order valence-electron chi connectivity index (χ2n) is 4.09. The maximum atomic E-state index is 3.63. The molecular formula is C14H11BrS2. The van der Waals surface area contributed by atoms with Crippen molar-refractivity contribution in [1.29, 1.82) is 0 Å². The Morgan fingerprint density at radius 2 is 1.65 bits per heavy atom. The fraction of sp³-hybridized carbons (Fsp3) is 0.143. The van der Waals surface area contributed by atoms with Crippen molar-refractivity contribution in [1.82, 2.24) is 0 Å². The topological polar surface area (TPSA) is 0 Å². The maximum Gasteiger partial charge on any atom is 0.0889 e. The van der Waals surface area contributed by atoms with Crippen LogP contribution in [0.4, 0.5) is 0 Å². The largest absolute Gasteiger partial charge is 0.124 e. The van der Waals surface area contributed by atoms with E-state index in [-0.39, 0.29) is 0 Å². The number of benzene rings is 1. The van der Waals surface area contributed by atoms with E-state index in [0.29, 0.717) is 0 Å². The van der Waals surface area contributed by atoms with Crippen molar-refractivity contribution in [3.63, 3.8) is 0 Å². The Kier molecular flexibility index (Phi) is 2.85. The molecule has 0 fully saturated rings. The van der Waals surface area contributed by atoms with Gasteiger partial charge in [-0.3, -0.25) is 0 Å². The van der Waals surface area contributed by atoms with Gasteiger partial charge in [-0.1, -0.05) is 30.3 Å². The molecule has 0 aliphatic carbocycles. The zero-order valence-electron chi connectivity index (χ0n) is 9.58. The molecule has 0 nitrogen and oxygen atoms in total. The molecule has 0 spiro atoms. The molecule has 3 aromatic rings. The third-order valence-electron chi connectivity index (χ3n) is 3.00. The van der Waals surface area contributed by atoms with Gasteiger partial charge in [0.15, 0.2) is 0 Å². The molecular weight excluding hydrogens is 312 g/mol. The van der Waals surface area contributed by atoms with Gasteiger partial charge in [0.25, 0.3) is 0 Å². The molecule has 86 valence electrons. The quantitative estimate of drug-likeness (QED) is 0.514. The number of hydrogen-bond acceptors (Lipinski definition) is 2. The first-order chi connectivity index (χ1) is 8.18. The first-order valence-corrected chi connectivity index (χ1v) is 7.84. The molecule has 2 heterocycles. The van der Waals surface area contributed by atoms with Gasteiger partial charge in [-0.05, 0) is 46.5 Å². The van der Waals surface area contributed by atoms with E-state index in [1.165, 1.54) is 34.8 Å². The maximum absolute atomic E-state index is 3.63. The lowest BCUT2D eigenvalue weighted by atomic mass is 10.1. The number of aryl methyl sites for hydroxylation is 2. The number of thiophene rings is 2. The summed E-state index contributed by atoms with van der Waals surface area (Å²) in [5, 5.41) is 1.44. The Hall–Kier alpha value is -0.640. The van der Waals surface area contributed by atoms with Crippen molar-refractivity contribution in [2.75, 3.05) is 0 Å². The van der Waals surface area contributed by atoms with Crippen LogP contribution in [0.25, 0.3) is 19.8 Å². The Labute approximate surface area is 117 Å². The van der Waals surface area contributed by atoms with Gasteiger partial charge in [0.1, 0.15) is 0 Å². The van der Waals surface area contributed by atoms with Crippen molar-refractivity contribution in [2.24, 2.45) is 0 Å². The van der Waals surface area contributed by atoms with Crippen molar-refractivity contribution in [3.05, 3.63) is 45.2 Å². The van der Waals surface area contributed by atoms with Crippen molar-refractivity contribution in [2.45, 2.75) is 13.8 Å². The second kappa shape index (κ2) is 4.23. The lowest BCUT2D eigenvalue weighted by Gasteiger charge is -1.99. The van der Waals surface area contributed by atoms with Crippen LogP contribution in [0.2, 0.25) is 0 Å². The van der Waals surface area contributed by atoms with Gasteiger partial charge in [0.2, 0.25) is 0 Å². The predicted molar refractivity (Wildman–Crippen MR) is 82.3 cm³/mol. The highest BCUT2D eigenvalue weighted by molar-refractivity contribution is 9.11. The van der Waals surface area contributed by atoms with Crippen LogP contribution in [0, 0.1) is 13.8 Å². The van der Waals surface area contributed by atoms with Crippen LogP contribution in [0.5, 0.6) is 0 Å². The molecule has 3 rings (SSSR count). The number of fused-ring (bicyclic) bond motifs is 1. The van der Waals surface area contributed by atoms with Gasteiger partial charge < -0.3 is 0 Å². The zero-order valence-corrected chi connectivity index (χ0v) is 12.8. The van der Waals surface area contributed by atoms with Crippen LogP contribution in [0.1, 0.15) is 11.1 Å². The fourth-order valence-electron chi connectivity index (χ4n) is 2.11. The summed E-state index contributed by atoms with van der Waals surface area (Å²) in [5.74, 6) is 0. The number of rotatable bonds is 1. The molecule has 0 atom stereocenters. The Balaban J connectivity index is 2.30. The SMILES string of the molecule is Cc1c(Br)sc2sc(-c3ccccc3)c(C)c12. The minimum absolute atomic E-state index is 1.27. The van der Waals surface area contributed by atoms with Crippen LogP contribution < -0.4 is 0 Å². The van der Waals surface area contributed by atoms with E-state index >= 15 is 0 Å². The third-order valence-corrected chi connectivity index (χ3v) is 6.59. The van der Waals surface area contributed by atoms with E-state index < -0.39 is 0 Å². The number of hydrogen-bond donors (Lipinski definition) is 0. The summed E-state index contributed by atoms with van der Waals surface area (Å²) in [5.41, 5.74) is 4.12. The summed E-state index contributed by atoms with van der Waals surface area (Å²) in [4.78, 5) is 1.41. The molecule has 2 aromatic heterocycles. The molecule has 17 heavy (non-hydrogen) atoms. The molecule has 3 heteroatoms. The van der Waals surface area contributed by atoms with Crippen LogP contribution in [-0.2, 0) is 0 Å². The highest BCUT2D eigenvalue weighted by Crippen LogP contribution is 2.46. The Morgan fingerprint density at radius 3 is 2.29 bits per heavy atom. The lowest BCUT2D eigenvalue weighted by Crippen LogP contribution is -1.76. The van der Waals surface area contributed by atoms with Gasteiger partial charge in [-0.15, -0.1) is 22.7 Å². The average molecular weight is 323 g/mol. The van der Waals surface area contributed by atoms with Crippen LogP contribution in [0.3, 0.4) is 0 Å². The van der Waals surface area contributed by atoms with Gasteiger partial charge in [0, 0.05) is 10.3 Å². The van der Waals surface area contributed by atoms with Crippen LogP contribution in [0.15, 0.2) is 34.1 Å². The van der Waals surface area contributed by atoms with E-state index in [9.17, 15) is 0 Å². The third kappa shape index (κ3) is 1.77. The van der Waals surface area contributed by atoms with Gasteiger partial charge >= 0.3 is 0 Å². The summed E-state index contributed by atoms with van der Waals surface area (Å²) in [6.45, 7) is 4.42. The molecule has 0 amide bonds. The fourth-order valence-corrected chi connectivity index (χ4v) is 5.72. The monoisotopic (exact) mass is 322 g/mol. The standard InChI is InChI=1S/C14H11BrS2/c1-8-11-9(2)13(15)17-14(11)16-12(8)10-6-4-3-5-7-10/h3-7H,1-2H3. The molecule has 0 aliphatic heterocycles. The summed E-state index contributed by atoms with van der Waals surface area (Å²) < 4.78 is 2.69. The van der Waals surface area contributed by atoms with Crippen LogP contribution >= 0.6 is 38.6 Å². The van der Waals surface area contributed by atoms with E-state index in [4.69, 9.17) is 0 Å². The average Bonchev–Trinajstić information content (AvgIpc) is 2.80. The summed E-state index contributed by atoms with van der Waals surface area (Å²) in [6, 6.07) is 10.6. The molecule has 0 saturated heterocycles. The van der Waals surface area contributed by atoms with E-state index in [1.807, 2.05) is 22.7 Å². The zero-order chi connectivity index (χ0) is 12.0. The number of halogens is 1. The molecule has 0 radical (unpaired) electrons. The highest BCUT2D eigenvalue weighted by Gasteiger charge is 2.15. The molecule has 0 unspecified atom stereocenters. The van der Waals surface area contributed by atoms with Gasteiger partial charge in [-0.25, -0.2) is 0 Å². The summed E-state index contributed by atoms with van der Waals surface area (Å²) in [6.07, 6.45) is 0. The first kappa shape index (κ1) is 11.5. The molecule has 0 N–H and O–H groups in total. The minimum Gasteiger partial charge on any atom is -0.124 e. The molecule has 0 aliphatic rings. The van der Waals surface area contributed by atoms with Gasteiger partial charge in [0.05, 0.1) is 7.80 Å². The van der Waals surface area contributed by atoms with Crippen LogP contribution in [-0.4, -0.2) is 0 Å². The molecule has 1 aromatic carbocycles. The summed E-state index contributed by atoms with van der Waals surface area (Å²) >= 11 is 7.37. The highest BCUT2D eigenvalue weighted by atomic mass is 79.9. The summed E-state index contributed by atoms with van der Waals surface area (Å²) in [7, 11) is 0.